The van der Waals surface area contributed by atoms with Gasteiger partial charge in [-0.1, -0.05) is 53.6 Å². The van der Waals surface area contributed by atoms with Crippen molar-refractivity contribution < 1.29 is 9.47 Å². The summed E-state index contributed by atoms with van der Waals surface area (Å²) in [5, 5.41) is 4.04. The summed E-state index contributed by atoms with van der Waals surface area (Å²) in [5.41, 5.74) is 5.27. The molecule has 1 heterocycles. The topological polar surface area (TPSA) is 59.2 Å². The number of halogens is 1. The average molecular weight is 436 g/mol. The Morgan fingerprint density at radius 2 is 1.74 bits per heavy atom. The number of aromatic nitrogens is 2. The number of hydrogen-bond donors (Lipinski definition) is 2. The van der Waals surface area contributed by atoms with Crippen molar-refractivity contribution in [1.82, 2.24) is 15.3 Å². The average Bonchev–Trinajstić information content (AvgIpc) is 3.19. The van der Waals surface area contributed by atoms with Crippen LogP contribution in [0.1, 0.15) is 29.4 Å². The van der Waals surface area contributed by atoms with Crippen LogP contribution in [0.2, 0.25) is 5.02 Å². The van der Waals surface area contributed by atoms with Crippen LogP contribution in [0, 0.1) is 6.92 Å². The highest BCUT2D eigenvalue weighted by Crippen LogP contribution is 2.34. The van der Waals surface area contributed by atoms with E-state index in [1.54, 1.807) is 0 Å². The van der Waals surface area contributed by atoms with Gasteiger partial charge in [-0.3, -0.25) is 0 Å². The molecule has 0 fully saturated rings. The summed E-state index contributed by atoms with van der Waals surface area (Å²) < 4.78 is 11.8. The summed E-state index contributed by atoms with van der Waals surface area (Å²) in [6.07, 6.45) is 0. The molecule has 160 valence electrons. The van der Waals surface area contributed by atoms with E-state index >= 15 is 0 Å². The van der Waals surface area contributed by atoms with Crippen molar-refractivity contribution in [2.24, 2.45) is 0 Å². The molecule has 3 aromatic carbocycles. The second-order valence-corrected chi connectivity index (χ2v) is 7.81. The Hall–Kier alpha value is -3.02. The summed E-state index contributed by atoms with van der Waals surface area (Å²) in [4.78, 5) is 7.91. The van der Waals surface area contributed by atoms with E-state index in [2.05, 4.69) is 46.5 Å². The first-order valence-electron chi connectivity index (χ1n) is 10.4. The van der Waals surface area contributed by atoms with Gasteiger partial charge < -0.3 is 19.8 Å². The molecule has 0 saturated carbocycles. The quantitative estimate of drug-likeness (QED) is 0.349. The third kappa shape index (κ3) is 5.37. The highest BCUT2D eigenvalue weighted by molar-refractivity contribution is 6.31. The van der Waals surface area contributed by atoms with E-state index in [9.17, 15) is 0 Å². The first-order chi connectivity index (χ1) is 15.1. The maximum absolute atomic E-state index is 6.55. The van der Waals surface area contributed by atoms with Crippen LogP contribution in [-0.2, 0) is 19.7 Å². The molecule has 4 aromatic rings. The number of H-pyrrole nitrogens is 1. The predicted molar refractivity (Wildman–Crippen MR) is 125 cm³/mol. The minimum atomic E-state index is 0.459. The molecule has 0 atom stereocenters. The van der Waals surface area contributed by atoms with Crippen LogP contribution in [0.5, 0.6) is 11.5 Å². The SMILES string of the molecule is CCOc1cc(CNCc2nc3ccccc3[nH]2)c(Cl)cc1OCc1ccc(C)cc1. The lowest BCUT2D eigenvalue weighted by atomic mass is 10.1. The molecule has 0 aliphatic heterocycles. The van der Waals surface area contributed by atoms with E-state index in [0.29, 0.717) is 42.8 Å². The van der Waals surface area contributed by atoms with Gasteiger partial charge in [-0.05, 0) is 43.2 Å². The van der Waals surface area contributed by atoms with E-state index in [1.807, 2.05) is 43.3 Å². The zero-order valence-electron chi connectivity index (χ0n) is 17.7. The molecule has 5 nitrogen and oxygen atoms in total. The lowest BCUT2D eigenvalue weighted by Crippen LogP contribution is -2.14. The molecule has 0 aliphatic rings. The van der Waals surface area contributed by atoms with E-state index in [4.69, 9.17) is 21.1 Å². The first-order valence-corrected chi connectivity index (χ1v) is 10.8. The number of ether oxygens (including phenoxy) is 2. The van der Waals surface area contributed by atoms with Crippen molar-refractivity contribution in [2.75, 3.05) is 6.61 Å². The number of aryl methyl sites for hydroxylation is 1. The fourth-order valence-corrected chi connectivity index (χ4v) is 3.56. The van der Waals surface area contributed by atoms with Crippen LogP contribution in [-0.4, -0.2) is 16.6 Å². The van der Waals surface area contributed by atoms with Gasteiger partial charge in [0.2, 0.25) is 0 Å². The van der Waals surface area contributed by atoms with Crippen molar-refractivity contribution in [3.05, 3.63) is 88.2 Å². The Labute approximate surface area is 187 Å². The maximum atomic E-state index is 6.55. The Morgan fingerprint density at radius 1 is 0.968 bits per heavy atom. The van der Waals surface area contributed by atoms with Gasteiger partial charge in [0.15, 0.2) is 11.5 Å². The number of hydrogen-bond acceptors (Lipinski definition) is 4. The number of nitrogens with zero attached hydrogens (tertiary/aromatic N) is 1. The lowest BCUT2D eigenvalue weighted by molar-refractivity contribution is 0.269. The Balaban J connectivity index is 1.42. The van der Waals surface area contributed by atoms with Gasteiger partial charge in [0.05, 0.1) is 24.2 Å². The van der Waals surface area contributed by atoms with E-state index in [1.165, 1.54) is 5.56 Å². The summed E-state index contributed by atoms with van der Waals surface area (Å²) in [5.74, 6) is 2.23. The number of benzene rings is 3. The number of para-hydroxylation sites is 2. The fourth-order valence-electron chi connectivity index (χ4n) is 3.34. The highest BCUT2D eigenvalue weighted by Gasteiger charge is 2.12. The fraction of sp³-hybridized carbons (Fsp3) is 0.240. The molecule has 0 spiro atoms. The monoisotopic (exact) mass is 435 g/mol. The second-order valence-electron chi connectivity index (χ2n) is 7.40. The molecule has 0 amide bonds. The van der Waals surface area contributed by atoms with Crippen molar-refractivity contribution in [3.8, 4) is 11.5 Å². The van der Waals surface area contributed by atoms with Crippen molar-refractivity contribution in [2.45, 2.75) is 33.5 Å². The molecule has 4 rings (SSSR count). The van der Waals surface area contributed by atoms with Crippen LogP contribution < -0.4 is 14.8 Å². The molecule has 0 radical (unpaired) electrons. The molecular weight excluding hydrogens is 410 g/mol. The summed E-state index contributed by atoms with van der Waals surface area (Å²) in [6.45, 7) is 6.24. The number of imidazole rings is 1. The second kappa shape index (κ2) is 9.86. The smallest absolute Gasteiger partial charge is 0.163 e. The van der Waals surface area contributed by atoms with E-state index in [-0.39, 0.29) is 0 Å². The van der Waals surface area contributed by atoms with Gasteiger partial charge in [0.25, 0.3) is 0 Å². The summed E-state index contributed by atoms with van der Waals surface area (Å²) in [6, 6.07) is 20.1. The van der Waals surface area contributed by atoms with Crippen LogP contribution in [0.4, 0.5) is 0 Å². The number of fused-ring (bicyclic) bond motifs is 1. The third-order valence-electron chi connectivity index (χ3n) is 4.97. The molecule has 1 aromatic heterocycles. The molecule has 0 bridgehead atoms. The van der Waals surface area contributed by atoms with Crippen LogP contribution >= 0.6 is 11.6 Å². The standard InChI is InChI=1S/C25H26ClN3O2/c1-3-30-23-12-19(14-27-15-25-28-21-6-4-5-7-22(21)29-25)20(26)13-24(23)31-16-18-10-8-17(2)9-11-18/h4-13,27H,3,14-16H2,1-2H3,(H,28,29). The maximum Gasteiger partial charge on any atom is 0.163 e. The Kier molecular flexibility index (Phi) is 6.75. The molecular formula is C25H26ClN3O2. The number of nitrogens with one attached hydrogen (secondary N) is 2. The van der Waals surface area contributed by atoms with Crippen molar-refractivity contribution in [3.63, 3.8) is 0 Å². The van der Waals surface area contributed by atoms with Gasteiger partial charge in [-0.25, -0.2) is 4.98 Å². The van der Waals surface area contributed by atoms with Crippen LogP contribution in [0.15, 0.2) is 60.7 Å². The lowest BCUT2D eigenvalue weighted by Gasteiger charge is -2.15. The van der Waals surface area contributed by atoms with Crippen molar-refractivity contribution >= 4 is 22.6 Å². The van der Waals surface area contributed by atoms with Gasteiger partial charge in [0.1, 0.15) is 12.4 Å². The first kappa shape index (κ1) is 21.2. The van der Waals surface area contributed by atoms with Crippen molar-refractivity contribution in [1.29, 1.82) is 0 Å². The summed E-state index contributed by atoms with van der Waals surface area (Å²) in [7, 11) is 0. The van der Waals surface area contributed by atoms with E-state index in [0.717, 1.165) is 28.0 Å². The minimum absolute atomic E-state index is 0.459. The largest absolute Gasteiger partial charge is 0.490 e. The molecule has 6 heteroatoms. The minimum Gasteiger partial charge on any atom is -0.490 e. The predicted octanol–water partition coefficient (Wildman–Crippen LogP) is 5.79. The Bertz CT molecular complexity index is 1120. The molecule has 0 saturated heterocycles. The zero-order chi connectivity index (χ0) is 21.6. The van der Waals surface area contributed by atoms with Gasteiger partial charge in [0, 0.05) is 17.6 Å². The highest BCUT2D eigenvalue weighted by atomic mass is 35.5. The Morgan fingerprint density at radius 3 is 2.52 bits per heavy atom. The summed E-state index contributed by atoms with van der Waals surface area (Å²) >= 11 is 6.55. The number of aromatic amines is 1. The molecule has 0 unspecified atom stereocenters. The van der Waals surface area contributed by atoms with E-state index < -0.39 is 0 Å². The van der Waals surface area contributed by atoms with Crippen LogP contribution in [0.3, 0.4) is 0 Å². The zero-order valence-corrected chi connectivity index (χ0v) is 18.5. The van der Waals surface area contributed by atoms with Gasteiger partial charge in [-0.2, -0.15) is 0 Å². The molecule has 0 aliphatic carbocycles. The normalized spacial score (nSPS) is 11.1. The number of rotatable bonds is 9. The molecule has 31 heavy (non-hydrogen) atoms. The molecule has 2 N–H and O–H groups in total. The van der Waals surface area contributed by atoms with Gasteiger partial charge >= 0.3 is 0 Å². The van der Waals surface area contributed by atoms with Gasteiger partial charge in [-0.15, -0.1) is 0 Å². The van der Waals surface area contributed by atoms with Crippen LogP contribution in [0.25, 0.3) is 11.0 Å². The third-order valence-corrected chi connectivity index (χ3v) is 5.33.